The maximum absolute atomic E-state index is 12.8. The Bertz CT molecular complexity index is 1250. The van der Waals surface area contributed by atoms with Gasteiger partial charge < -0.3 is 9.84 Å². The van der Waals surface area contributed by atoms with E-state index >= 15 is 0 Å². The second-order valence-electron chi connectivity index (χ2n) is 7.39. The molecule has 13 heteroatoms. The number of benzene rings is 1. The summed E-state index contributed by atoms with van der Waals surface area (Å²) in [7, 11) is -7.93. The van der Waals surface area contributed by atoms with Crippen LogP contribution in [0.25, 0.3) is 0 Å². The van der Waals surface area contributed by atoms with Crippen LogP contribution in [0, 0.1) is 19.8 Å². The van der Waals surface area contributed by atoms with Crippen molar-refractivity contribution in [3.05, 3.63) is 35.6 Å². The van der Waals surface area contributed by atoms with Crippen LogP contribution in [0.3, 0.4) is 0 Å². The molecule has 0 saturated carbocycles. The topological polar surface area (TPSA) is 156 Å². The first-order chi connectivity index (χ1) is 14.3. The molecule has 2 N–H and O–H groups in total. The van der Waals surface area contributed by atoms with E-state index < -0.39 is 43.8 Å². The van der Waals surface area contributed by atoms with Crippen molar-refractivity contribution >= 4 is 43.4 Å². The second-order valence-corrected chi connectivity index (χ2v) is 10.9. The van der Waals surface area contributed by atoms with E-state index in [0.29, 0.717) is 10.1 Å². The zero-order chi connectivity index (χ0) is 23.1. The highest BCUT2D eigenvalue weighted by atomic mass is 32.2. The number of hydrogen-bond donors (Lipinski definition) is 2. The van der Waals surface area contributed by atoms with Gasteiger partial charge in [0.1, 0.15) is 5.76 Å². The highest BCUT2D eigenvalue weighted by Gasteiger charge is 2.42. The van der Waals surface area contributed by atoms with Gasteiger partial charge in [-0.1, -0.05) is 12.1 Å². The highest BCUT2D eigenvalue weighted by Crippen LogP contribution is 2.30. The summed E-state index contributed by atoms with van der Waals surface area (Å²) in [6.07, 6.45) is 0. The Morgan fingerprint density at radius 2 is 1.97 bits per heavy atom. The third kappa shape index (κ3) is 4.62. The Morgan fingerprint density at radius 3 is 2.48 bits per heavy atom. The molecule has 0 spiro atoms. The molecule has 1 aromatic carbocycles. The van der Waals surface area contributed by atoms with Crippen LogP contribution in [-0.2, 0) is 29.6 Å². The molecule has 11 nitrogen and oxygen atoms in total. The molecule has 168 valence electrons. The number of sulfonamides is 2. The summed E-state index contributed by atoms with van der Waals surface area (Å²) in [4.78, 5) is 24.4. The number of amides is 2. The van der Waals surface area contributed by atoms with E-state index in [1.165, 1.54) is 45.0 Å². The zero-order valence-corrected chi connectivity index (χ0v) is 18.9. The number of nitrogens with zero attached hydrogens (tertiary/aromatic N) is 2. The number of carbonyl (C=O) groups excluding carboxylic acids is 2. The monoisotopic (exact) mass is 470 g/mol. The van der Waals surface area contributed by atoms with E-state index in [9.17, 15) is 26.4 Å². The zero-order valence-electron chi connectivity index (χ0n) is 17.2. The lowest BCUT2D eigenvalue weighted by Gasteiger charge is -2.18. The molecule has 1 saturated heterocycles. The van der Waals surface area contributed by atoms with E-state index in [2.05, 4.69) is 15.2 Å². The lowest BCUT2D eigenvalue weighted by Crippen LogP contribution is -2.41. The molecular formula is C18H22N4O7S2. The Kier molecular flexibility index (Phi) is 5.95. The average Bonchev–Trinajstić information content (AvgIpc) is 3.13. The minimum atomic E-state index is -4.12. The molecule has 0 unspecified atom stereocenters. The second kappa shape index (κ2) is 8.05. The van der Waals surface area contributed by atoms with Gasteiger partial charge in [-0.15, -0.1) is 0 Å². The predicted octanol–water partition coefficient (Wildman–Crippen LogP) is 0.909. The van der Waals surface area contributed by atoms with E-state index in [4.69, 9.17) is 4.52 Å². The Hall–Kier alpha value is -2.77. The van der Waals surface area contributed by atoms with Crippen molar-refractivity contribution in [2.24, 2.45) is 5.92 Å². The van der Waals surface area contributed by atoms with Gasteiger partial charge in [-0.25, -0.2) is 21.1 Å². The van der Waals surface area contributed by atoms with Crippen LogP contribution in [0.2, 0.25) is 0 Å². The fourth-order valence-electron chi connectivity index (χ4n) is 3.16. The molecule has 0 radical (unpaired) electrons. The number of hydrogen-bond acceptors (Lipinski definition) is 8. The van der Waals surface area contributed by atoms with E-state index in [-0.39, 0.29) is 27.7 Å². The van der Waals surface area contributed by atoms with Crippen LogP contribution >= 0.6 is 0 Å². The molecule has 2 heterocycles. The molecular weight excluding hydrogens is 448 g/mol. The van der Waals surface area contributed by atoms with Gasteiger partial charge in [-0.05, 0) is 44.5 Å². The number of rotatable bonds is 6. The molecule has 1 aliphatic rings. The molecule has 0 aliphatic carbocycles. The maximum atomic E-state index is 12.8. The van der Waals surface area contributed by atoms with Crippen LogP contribution < -0.4 is 14.3 Å². The van der Waals surface area contributed by atoms with Gasteiger partial charge in [0.15, 0.2) is 5.82 Å². The number of aryl methyl sites for hydroxylation is 2. The normalized spacial score (nSPS) is 19.4. The Balaban J connectivity index is 1.80. The number of anilines is 2. The summed E-state index contributed by atoms with van der Waals surface area (Å²) in [5.74, 6) is -1.56. The van der Waals surface area contributed by atoms with Gasteiger partial charge >= 0.3 is 0 Å². The quantitative estimate of drug-likeness (QED) is 0.631. The van der Waals surface area contributed by atoms with Crippen LogP contribution in [0.5, 0.6) is 0 Å². The molecule has 1 fully saturated rings. The third-order valence-corrected chi connectivity index (χ3v) is 8.22. The first kappa shape index (κ1) is 22.9. The fourth-order valence-corrected chi connectivity index (χ4v) is 6.40. The van der Waals surface area contributed by atoms with Crippen molar-refractivity contribution < 1.29 is 30.9 Å². The summed E-state index contributed by atoms with van der Waals surface area (Å²) < 4.78 is 57.9. The molecule has 1 aromatic heterocycles. The van der Waals surface area contributed by atoms with Gasteiger partial charge in [-0.2, -0.15) is 4.72 Å². The Labute approximate surface area is 179 Å². The summed E-state index contributed by atoms with van der Waals surface area (Å²) >= 11 is 0. The SMILES string of the molecule is Cc1cc(NC(=O)[C@H](C)NS(=O)(=O)c2ccc(N3C(=O)[C@H](C)CS3(=O)=O)cc2C)no1. The van der Waals surface area contributed by atoms with Crippen molar-refractivity contribution in [1.82, 2.24) is 9.88 Å². The highest BCUT2D eigenvalue weighted by molar-refractivity contribution is 7.94. The van der Waals surface area contributed by atoms with Crippen molar-refractivity contribution in [1.29, 1.82) is 0 Å². The van der Waals surface area contributed by atoms with Crippen LogP contribution in [0.15, 0.2) is 33.7 Å². The van der Waals surface area contributed by atoms with Crippen LogP contribution in [-0.4, -0.2) is 45.6 Å². The minimum absolute atomic E-state index is 0.0676. The van der Waals surface area contributed by atoms with E-state index in [1.54, 1.807) is 6.92 Å². The van der Waals surface area contributed by atoms with Crippen molar-refractivity contribution in [2.45, 2.75) is 38.6 Å². The lowest BCUT2D eigenvalue weighted by atomic mass is 10.2. The molecule has 2 aromatic rings. The standard InChI is InChI=1S/C18H22N4O7S2/c1-10-7-14(22-18(24)11(2)9-30(22,25)26)5-6-15(10)31(27,28)21-13(4)17(23)19-16-8-12(3)29-20-16/h5-8,11,13,21H,9H2,1-4H3,(H,19,20,23)/t11-,13+/m1/s1. The summed E-state index contributed by atoms with van der Waals surface area (Å²) in [6.45, 7) is 5.99. The smallest absolute Gasteiger partial charge is 0.244 e. The molecule has 3 rings (SSSR count). The van der Waals surface area contributed by atoms with Crippen molar-refractivity contribution in [3.63, 3.8) is 0 Å². The maximum Gasteiger partial charge on any atom is 0.244 e. The van der Waals surface area contributed by atoms with E-state index in [0.717, 1.165) is 0 Å². The lowest BCUT2D eigenvalue weighted by molar-refractivity contribution is -0.119. The van der Waals surface area contributed by atoms with Crippen molar-refractivity contribution in [2.75, 3.05) is 15.4 Å². The van der Waals surface area contributed by atoms with Gasteiger partial charge in [-0.3, -0.25) is 9.59 Å². The van der Waals surface area contributed by atoms with Gasteiger partial charge in [0.25, 0.3) is 0 Å². The van der Waals surface area contributed by atoms with Gasteiger partial charge in [0.05, 0.1) is 28.3 Å². The number of aromatic nitrogens is 1. The molecule has 1 aliphatic heterocycles. The number of nitrogens with one attached hydrogen (secondary N) is 2. The number of carbonyl (C=O) groups is 2. The van der Waals surface area contributed by atoms with Crippen LogP contribution in [0.1, 0.15) is 25.2 Å². The molecule has 2 amide bonds. The largest absolute Gasteiger partial charge is 0.360 e. The predicted molar refractivity (Wildman–Crippen MR) is 111 cm³/mol. The molecule has 2 atom stereocenters. The van der Waals surface area contributed by atoms with Gasteiger partial charge in [0.2, 0.25) is 31.9 Å². The van der Waals surface area contributed by atoms with E-state index in [1.807, 2.05) is 0 Å². The summed E-state index contributed by atoms with van der Waals surface area (Å²) in [6, 6.07) is 4.10. The minimum Gasteiger partial charge on any atom is -0.360 e. The first-order valence-electron chi connectivity index (χ1n) is 9.26. The van der Waals surface area contributed by atoms with Crippen LogP contribution in [0.4, 0.5) is 11.5 Å². The fraction of sp³-hybridized carbons (Fsp3) is 0.389. The summed E-state index contributed by atoms with van der Waals surface area (Å²) in [5, 5.41) is 6.05. The molecule has 0 bridgehead atoms. The summed E-state index contributed by atoms with van der Waals surface area (Å²) in [5.41, 5.74) is 0.283. The average molecular weight is 471 g/mol. The third-order valence-electron chi connectivity index (χ3n) is 4.65. The first-order valence-corrected chi connectivity index (χ1v) is 12.3. The van der Waals surface area contributed by atoms with Gasteiger partial charge in [0, 0.05) is 6.07 Å². The Morgan fingerprint density at radius 1 is 1.29 bits per heavy atom. The molecule has 31 heavy (non-hydrogen) atoms. The van der Waals surface area contributed by atoms with Crippen molar-refractivity contribution in [3.8, 4) is 0 Å².